The highest BCUT2D eigenvalue weighted by atomic mass is 32.1. The van der Waals surface area contributed by atoms with Crippen LogP contribution in [0.2, 0.25) is 0 Å². The molecule has 0 spiro atoms. The SMILES string of the molecule is CNc1nc(Nc2cccc(F)c2F)c2cc(C)sc2n1. The zero-order valence-electron chi connectivity index (χ0n) is 11.4. The maximum atomic E-state index is 13.8. The number of fused-ring (bicyclic) bond motifs is 1. The first-order valence-corrected chi connectivity index (χ1v) is 7.07. The standard InChI is InChI=1S/C14H12F2N4S/c1-7-6-8-12(19-14(17-2)20-13(8)21-7)18-10-5-3-4-9(15)11(10)16/h3-6H,1-2H3,(H2,17,18,19,20). The van der Waals surface area contributed by atoms with Crippen molar-refractivity contribution in [3.63, 3.8) is 0 Å². The van der Waals surface area contributed by atoms with Crippen LogP contribution in [0, 0.1) is 18.6 Å². The summed E-state index contributed by atoms with van der Waals surface area (Å²) in [5.41, 5.74) is 0.0425. The molecule has 0 saturated heterocycles. The van der Waals surface area contributed by atoms with Crippen LogP contribution in [0.5, 0.6) is 0 Å². The molecule has 0 atom stereocenters. The molecule has 0 fully saturated rings. The fraction of sp³-hybridized carbons (Fsp3) is 0.143. The average molecular weight is 306 g/mol. The first kappa shape index (κ1) is 13.7. The van der Waals surface area contributed by atoms with Crippen LogP contribution in [0.25, 0.3) is 10.2 Å². The Hall–Kier alpha value is -2.28. The number of aryl methyl sites for hydroxylation is 1. The van der Waals surface area contributed by atoms with Crippen LogP contribution in [0.3, 0.4) is 0 Å². The summed E-state index contributed by atoms with van der Waals surface area (Å²) >= 11 is 1.51. The third-order valence-corrected chi connectivity index (χ3v) is 3.89. The second kappa shape index (κ2) is 5.25. The summed E-state index contributed by atoms with van der Waals surface area (Å²) in [5, 5.41) is 6.48. The van der Waals surface area contributed by atoms with Crippen molar-refractivity contribution in [2.24, 2.45) is 0 Å². The summed E-state index contributed by atoms with van der Waals surface area (Å²) in [6, 6.07) is 5.89. The average Bonchev–Trinajstić information content (AvgIpc) is 2.84. The van der Waals surface area contributed by atoms with Crippen LogP contribution in [-0.2, 0) is 0 Å². The lowest BCUT2D eigenvalue weighted by Crippen LogP contribution is -2.02. The molecule has 2 heterocycles. The molecular formula is C14H12F2N4S. The van der Waals surface area contributed by atoms with Crippen molar-refractivity contribution in [3.8, 4) is 0 Å². The molecule has 0 radical (unpaired) electrons. The molecule has 0 saturated carbocycles. The van der Waals surface area contributed by atoms with E-state index in [0.717, 1.165) is 21.2 Å². The fourth-order valence-corrected chi connectivity index (χ4v) is 2.86. The van der Waals surface area contributed by atoms with Gasteiger partial charge in [-0.15, -0.1) is 11.3 Å². The van der Waals surface area contributed by atoms with Gasteiger partial charge in [0.2, 0.25) is 5.95 Å². The van der Waals surface area contributed by atoms with E-state index in [1.807, 2.05) is 13.0 Å². The van der Waals surface area contributed by atoms with Gasteiger partial charge in [-0.05, 0) is 25.1 Å². The van der Waals surface area contributed by atoms with Crippen molar-refractivity contribution in [3.05, 3.63) is 40.8 Å². The molecule has 108 valence electrons. The molecule has 21 heavy (non-hydrogen) atoms. The molecule has 3 aromatic rings. The lowest BCUT2D eigenvalue weighted by Gasteiger charge is -2.09. The number of benzene rings is 1. The smallest absolute Gasteiger partial charge is 0.225 e. The van der Waals surface area contributed by atoms with E-state index >= 15 is 0 Å². The number of nitrogens with one attached hydrogen (secondary N) is 2. The monoisotopic (exact) mass is 306 g/mol. The first-order chi connectivity index (χ1) is 10.1. The Bertz CT molecular complexity index is 816. The van der Waals surface area contributed by atoms with Gasteiger partial charge in [0.1, 0.15) is 10.6 Å². The van der Waals surface area contributed by atoms with Crippen molar-refractivity contribution < 1.29 is 8.78 Å². The molecule has 0 amide bonds. The van der Waals surface area contributed by atoms with E-state index in [1.165, 1.54) is 23.5 Å². The first-order valence-electron chi connectivity index (χ1n) is 6.25. The van der Waals surface area contributed by atoms with E-state index in [0.29, 0.717) is 11.8 Å². The zero-order valence-corrected chi connectivity index (χ0v) is 12.2. The molecule has 0 aliphatic heterocycles. The van der Waals surface area contributed by atoms with Gasteiger partial charge in [0.25, 0.3) is 0 Å². The molecule has 3 rings (SSSR count). The molecule has 2 aromatic heterocycles. The minimum atomic E-state index is -0.928. The van der Waals surface area contributed by atoms with Crippen LogP contribution in [0.15, 0.2) is 24.3 Å². The Morgan fingerprint density at radius 3 is 2.76 bits per heavy atom. The number of halogens is 2. The predicted molar refractivity (Wildman–Crippen MR) is 81.3 cm³/mol. The molecule has 0 bridgehead atoms. The number of aromatic nitrogens is 2. The van der Waals surface area contributed by atoms with Gasteiger partial charge in [0.05, 0.1) is 11.1 Å². The Morgan fingerprint density at radius 1 is 1.19 bits per heavy atom. The molecule has 1 aromatic carbocycles. The van der Waals surface area contributed by atoms with Crippen molar-refractivity contribution in [1.82, 2.24) is 9.97 Å². The molecule has 0 aliphatic carbocycles. The molecule has 7 heteroatoms. The van der Waals surface area contributed by atoms with Gasteiger partial charge in [-0.1, -0.05) is 6.07 Å². The topological polar surface area (TPSA) is 49.8 Å². The van der Waals surface area contributed by atoms with Crippen molar-refractivity contribution in [2.45, 2.75) is 6.92 Å². The van der Waals surface area contributed by atoms with Crippen LogP contribution in [0.4, 0.5) is 26.2 Å². The van der Waals surface area contributed by atoms with Crippen molar-refractivity contribution in [2.75, 3.05) is 17.7 Å². The Morgan fingerprint density at radius 2 is 2.00 bits per heavy atom. The Labute approximate surface area is 123 Å². The highest BCUT2D eigenvalue weighted by Crippen LogP contribution is 2.32. The van der Waals surface area contributed by atoms with Gasteiger partial charge in [0.15, 0.2) is 11.6 Å². The normalized spacial score (nSPS) is 10.9. The van der Waals surface area contributed by atoms with Gasteiger partial charge in [-0.2, -0.15) is 4.98 Å². The van der Waals surface area contributed by atoms with E-state index in [-0.39, 0.29) is 5.69 Å². The maximum Gasteiger partial charge on any atom is 0.225 e. The van der Waals surface area contributed by atoms with E-state index < -0.39 is 11.6 Å². The minimum Gasteiger partial charge on any atom is -0.357 e. The largest absolute Gasteiger partial charge is 0.357 e. The summed E-state index contributed by atoms with van der Waals surface area (Å²) < 4.78 is 27.1. The van der Waals surface area contributed by atoms with E-state index in [4.69, 9.17) is 0 Å². The maximum absolute atomic E-state index is 13.8. The van der Waals surface area contributed by atoms with Crippen molar-refractivity contribution >= 4 is 39.0 Å². The molecular weight excluding hydrogens is 294 g/mol. The van der Waals surface area contributed by atoms with E-state index in [9.17, 15) is 8.78 Å². The second-order valence-corrected chi connectivity index (χ2v) is 5.68. The van der Waals surface area contributed by atoms with Gasteiger partial charge in [-0.25, -0.2) is 13.8 Å². The van der Waals surface area contributed by atoms with Crippen LogP contribution >= 0.6 is 11.3 Å². The van der Waals surface area contributed by atoms with Gasteiger partial charge >= 0.3 is 0 Å². The molecule has 2 N–H and O–H groups in total. The predicted octanol–water partition coefficient (Wildman–Crippen LogP) is 4.06. The van der Waals surface area contributed by atoms with Gasteiger partial charge in [0, 0.05) is 11.9 Å². The minimum absolute atomic E-state index is 0.0425. The third-order valence-electron chi connectivity index (χ3n) is 2.94. The van der Waals surface area contributed by atoms with Crippen LogP contribution in [0.1, 0.15) is 4.88 Å². The number of hydrogen-bond donors (Lipinski definition) is 2. The number of rotatable bonds is 3. The third kappa shape index (κ3) is 2.52. The van der Waals surface area contributed by atoms with Crippen LogP contribution < -0.4 is 10.6 Å². The summed E-state index contributed by atoms with van der Waals surface area (Å²) in [6.07, 6.45) is 0. The van der Waals surface area contributed by atoms with Crippen molar-refractivity contribution in [1.29, 1.82) is 0 Å². The molecule has 0 unspecified atom stereocenters. The van der Waals surface area contributed by atoms with E-state index in [1.54, 1.807) is 7.05 Å². The molecule has 4 nitrogen and oxygen atoms in total. The quantitative estimate of drug-likeness (QED) is 0.766. The lowest BCUT2D eigenvalue weighted by atomic mass is 10.2. The summed E-state index contributed by atoms with van der Waals surface area (Å²) in [5.74, 6) is -0.968. The number of nitrogens with zero attached hydrogens (tertiary/aromatic N) is 2. The summed E-state index contributed by atoms with van der Waals surface area (Å²) in [6.45, 7) is 1.96. The number of anilines is 3. The van der Waals surface area contributed by atoms with E-state index in [2.05, 4.69) is 20.6 Å². The zero-order chi connectivity index (χ0) is 15.0. The molecule has 0 aliphatic rings. The summed E-state index contributed by atoms with van der Waals surface area (Å²) in [4.78, 5) is 10.5. The van der Waals surface area contributed by atoms with Gasteiger partial charge in [-0.3, -0.25) is 0 Å². The fourth-order valence-electron chi connectivity index (χ4n) is 1.98. The number of hydrogen-bond acceptors (Lipinski definition) is 5. The van der Waals surface area contributed by atoms with Crippen LogP contribution in [-0.4, -0.2) is 17.0 Å². The Balaban J connectivity index is 2.12. The second-order valence-electron chi connectivity index (χ2n) is 4.45. The Kier molecular flexibility index (Phi) is 3.42. The van der Waals surface area contributed by atoms with Gasteiger partial charge < -0.3 is 10.6 Å². The lowest BCUT2D eigenvalue weighted by molar-refractivity contribution is 0.512. The summed E-state index contributed by atoms with van der Waals surface area (Å²) in [7, 11) is 1.70. The highest BCUT2D eigenvalue weighted by molar-refractivity contribution is 7.18. The number of thiophene rings is 1. The highest BCUT2D eigenvalue weighted by Gasteiger charge is 2.13.